The van der Waals surface area contributed by atoms with Crippen LogP contribution >= 0.6 is 0 Å². The molecule has 0 aliphatic rings. The summed E-state index contributed by atoms with van der Waals surface area (Å²) in [6, 6.07) is 8.93. The number of aromatic amines is 1. The Kier molecular flexibility index (Phi) is 4.57. The summed E-state index contributed by atoms with van der Waals surface area (Å²) in [5.41, 5.74) is -0.767. The van der Waals surface area contributed by atoms with Crippen LogP contribution in [0.1, 0.15) is 27.8 Å². The van der Waals surface area contributed by atoms with Crippen molar-refractivity contribution in [3.05, 3.63) is 75.7 Å². The number of fused-ring (bicyclic) bond motifs is 1. The van der Waals surface area contributed by atoms with Gasteiger partial charge in [-0.15, -0.1) is 0 Å². The number of nitrogens with zero attached hydrogens (tertiary/aromatic N) is 1. The molecule has 8 heteroatoms. The van der Waals surface area contributed by atoms with Crippen LogP contribution in [0.5, 0.6) is 0 Å². The van der Waals surface area contributed by atoms with Crippen molar-refractivity contribution in [1.29, 1.82) is 0 Å². The fourth-order valence-electron chi connectivity index (χ4n) is 2.42. The molecule has 0 radical (unpaired) electrons. The lowest BCUT2D eigenvalue weighted by atomic mass is 10.1. The lowest BCUT2D eigenvalue weighted by Gasteiger charge is -2.13. The van der Waals surface area contributed by atoms with E-state index in [1.54, 1.807) is 12.1 Å². The van der Waals surface area contributed by atoms with Crippen molar-refractivity contribution in [3.8, 4) is 0 Å². The van der Waals surface area contributed by atoms with Crippen molar-refractivity contribution in [2.24, 2.45) is 0 Å². The van der Waals surface area contributed by atoms with Gasteiger partial charge >= 0.3 is 5.97 Å². The van der Waals surface area contributed by atoms with E-state index in [2.05, 4.69) is 10.2 Å². The molecule has 3 aromatic rings. The maximum absolute atomic E-state index is 13.3. The van der Waals surface area contributed by atoms with Gasteiger partial charge < -0.3 is 4.74 Å². The van der Waals surface area contributed by atoms with Gasteiger partial charge in [-0.2, -0.15) is 5.10 Å². The largest absolute Gasteiger partial charge is 0.449 e. The second-order valence-electron chi connectivity index (χ2n) is 5.49. The number of ether oxygens (including phenoxy) is 1. The van der Waals surface area contributed by atoms with Crippen LogP contribution in [-0.2, 0) is 4.74 Å². The molecule has 0 saturated carbocycles. The smallest absolute Gasteiger partial charge is 0.360 e. The summed E-state index contributed by atoms with van der Waals surface area (Å²) in [6.45, 7) is 1.30. The minimum absolute atomic E-state index is 0.136. The van der Waals surface area contributed by atoms with Gasteiger partial charge in [0.05, 0.1) is 5.39 Å². The first-order chi connectivity index (χ1) is 12.4. The van der Waals surface area contributed by atoms with Crippen LogP contribution in [0.4, 0.5) is 8.78 Å². The number of halogens is 2. The van der Waals surface area contributed by atoms with Crippen LogP contribution in [0.25, 0.3) is 10.8 Å². The number of ketones is 1. The Morgan fingerprint density at radius 1 is 1.08 bits per heavy atom. The van der Waals surface area contributed by atoms with E-state index in [1.807, 2.05) is 0 Å². The molecule has 0 saturated heterocycles. The topological polar surface area (TPSA) is 89.1 Å². The Morgan fingerprint density at radius 2 is 1.77 bits per heavy atom. The summed E-state index contributed by atoms with van der Waals surface area (Å²) in [7, 11) is 0. The third-order valence-corrected chi connectivity index (χ3v) is 3.75. The lowest BCUT2D eigenvalue weighted by molar-refractivity contribution is 0.0314. The van der Waals surface area contributed by atoms with E-state index in [0.717, 1.165) is 18.2 Å². The van der Waals surface area contributed by atoms with Crippen LogP contribution in [0, 0.1) is 11.6 Å². The second-order valence-corrected chi connectivity index (χ2v) is 5.49. The van der Waals surface area contributed by atoms with Crippen molar-refractivity contribution in [2.45, 2.75) is 13.0 Å². The van der Waals surface area contributed by atoms with Gasteiger partial charge in [-0.1, -0.05) is 18.2 Å². The van der Waals surface area contributed by atoms with Gasteiger partial charge in [0.2, 0.25) is 5.78 Å². The highest BCUT2D eigenvalue weighted by Crippen LogP contribution is 2.16. The monoisotopic (exact) mass is 358 g/mol. The molecule has 1 N–H and O–H groups in total. The van der Waals surface area contributed by atoms with Gasteiger partial charge in [0, 0.05) is 10.9 Å². The van der Waals surface area contributed by atoms with Crippen LogP contribution in [-0.4, -0.2) is 28.1 Å². The van der Waals surface area contributed by atoms with E-state index >= 15 is 0 Å². The summed E-state index contributed by atoms with van der Waals surface area (Å²) in [5, 5.41) is 6.39. The zero-order chi connectivity index (χ0) is 18.8. The standard InChI is InChI=1S/C18H12F2N2O4/c1-9(16(23)10-6-7-13(19)14(20)8-10)26-18(25)15-11-4-2-3-5-12(11)17(24)22-21-15/h2-9H,1H3,(H,22,24)/t9-/m0/s1. The average Bonchev–Trinajstić information content (AvgIpc) is 2.63. The molecule has 0 aliphatic heterocycles. The Hall–Kier alpha value is -3.42. The zero-order valence-electron chi connectivity index (χ0n) is 13.5. The molecule has 0 fully saturated rings. The minimum atomic E-state index is -1.26. The molecule has 3 rings (SSSR count). The number of benzene rings is 2. The lowest BCUT2D eigenvalue weighted by Crippen LogP contribution is -2.26. The molecule has 1 atom stereocenters. The van der Waals surface area contributed by atoms with Gasteiger partial charge in [0.25, 0.3) is 5.56 Å². The fraction of sp³-hybridized carbons (Fsp3) is 0.111. The number of esters is 1. The first-order valence-electron chi connectivity index (χ1n) is 7.56. The van der Waals surface area contributed by atoms with Gasteiger partial charge in [0.1, 0.15) is 0 Å². The first kappa shape index (κ1) is 17.4. The Morgan fingerprint density at radius 3 is 2.46 bits per heavy atom. The molecule has 0 aliphatic carbocycles. The Balaban J connectivity index is 1.86. The summed E-state index contributed by atoms with van der Waals surface area (Å²) >= 11 is 0. The van der Waals surface area contributed by atoms with E-state index in [4.69, 9.17) is 4.74 Å². The molecular formula is C18H12F2N2O4. The van der Waals surface area contributed by atoms with Gasteiger partial charge in [-0.25, -0.2) is 18.7 Å². The average molecular weight is 358 g/mol. The van der Waals surface area contributed by atoms with Crippen molar-refractivity contribution < 1.29 is 23.1 Å². The molecule has 2 aromatic carbocycles. The third-order valence-electron chi connectivity index (χ3n) is 3.75. The highest BCUT2D eigenvalue weighted by molar-refractivity contribution is 6.05. The van der Waals surface area contributed by atoms with Gasteiger partial charge in [0.15, 0.2) is 23.4 Å². The van der Waals surface area contributed by atoms with Crippen molar-refractivity contribution in [1.82, 2.24) is 10.2 Å². The van der Waals surface area contributed by atoms with Crippen LogP contribution in [0.3, 0.4) is 0 Å². The molecular weight excluding hydrogens is 346 g/mol. The number of hydrogen-bond acceptors (Lipinski definition) is 5. The molecule has 0 bridgehead atoms. The molecule has 6 nitrogen and oxygen atoms in total. The number of aromatic nitrogens is 2. The predicted molar refractivity (Wildman–Crippen MR) is 87.9 cm³/mol. The van der Waals surface area contributed by atoms with E-state index < -0.39 is 35.1 Å². The second kappa shape index (κ2) is 6.83. The number of H-pyrrole nitrogens is 1. The van der Waals surface area contributed by atoms with Gasteiger partial charge in [-0.05, 0) is 31.2 Å². The van der Waals surface area contributed by atoms with Crippen molar-refractivity contribution in [3.63, 3.8) is 0 Å². The maximum Gasteiger partial charge on any atom is 0.360 e. The number of carbonyl (C=O) groups excluding carboxylic acids is 2. The van der Waals surface area contributed by atoms with E-state index in [9.17, 15) is 23.2 Å². The molecule has 0 amide bonds. The molecule has 1 aromatic heterocycles. The number of hydrogen-bond donors (Lipinski definition) is 1. The number of rotatable bonds is 4. The number of nitrogens with one attached hydrogen (secondary N) is 1. The van der Waals surface area contributed by atoms with Crippen LogP contribution < -0.4 is 5.56 Å². The predicted octanol–water partition coefficient (Wildman–Crippen LogP) is 2.63. The number of Topliss-reactive ketones (excluding diaryl/α,β-unsaturated/α-hetero) is 1. The third kappa shape index (κ3) is 3.21. The summed E-state index contributed by atoms with van der Waals surface area (Å²) in [6.07, 6.45) is -1.26. The minimum Gasteiger partial charge on any atom is -0.449 e. The van der Waals surface area contributed by atoms with Crippen LogP contribution in [0.15, 0.2) is 47.3 Å². The van der Waals surface area contributed by atoms with Gasteiger partial charge in [-0.3, -0.25) is 9.59 Å². The highest BCUT2D eigenvalue weighted by Gasteiger charge is 2.23. The number of carbonyl (C=O) groups is 2. The Bertz CT molecular complexity index is 1080. The fourth-order valence-corrected chi connectivity index (χ4v) is 2.42. The van der Waals surface area contributed by atoms with E-state index in [0.29, 0.717) is 0 Å². The van der Waals surface area contributed by atoms with E-state index in [-0.39, 0.29) is 22.0 Å². The Labute approximate surface area is 145 Å². The maximum atomic E-state index is 13.3. The summed E-state index contributed by atoms with van der Waals surface area (Å²) in [4.78, 5) is 36.3. The van der Waals surface area contributed by atoms with Crippen LogP contribution in [0.2, 0.25) is 0 Å². The summed E-state index contributed by atoms with van der Waals surface area (Å²) < 4.78 is 31.3. The van der Waals surface area contributed by atoms with E-state index in [1.165, 1.54) is 19.1 Å². The highest BCUT2D eigenvalue weighted by atomic mass is 19.2. The summed E-state index contributed by atoms with van der Waals surface area (Å²) in [5.74, 6) is -3.90. The normalized spacial score (nSPS) is 12.0. The SMILES string of the molecule is C[C@H](OC(=O)c1n[nH]c(=O)c2ccccc12)C(=O)c1ccc(F)c(F)c1. The molecule has 1 heterocycles. The molecule has 132 valence electrons. The molecule has 0 spiro atoms. The first-order valence-corrected chi connectivity index (χ1v) is 7.56. The van der Waals surface area contributed by atoms with Crippen molar-refractivity contribution >= 4 is 22.5 Å². The van der Waals surface area contributed by atoms with Crippen molar-refractivity contribution in [2.75, 3.05) is 0 Å². The molecule has 26 heavy (non-hydrogen) atoms. The molecule has 0 unspecified atom stereocenters. The zero-order valence-corrected chi connectivity index (χ0v) is 13.5. The quantitative estimate of drug-likeness (QED) is 0.572.